The van der Waals surface area contributed by atoms with Crippen molar-refractivity contribution in [2.24, 2.45) is 5.73 Å². The third kappa shape index (κ3) is 3.80. The quantitative estimate of drug-likeness (QED) is 0.891. The zero-order chi connectivity index (χ0) is 13.8. The Morgan fingerprint density at radius 2 is 1.84 bits per heavy atom. The van der Waals surface area contributed by atoms with E-state index in [4.69, 9.17) is 17.3 Å². The fourth-order valence-corrected chi connectivity index (χ4v) is 2.58. The summed E-state index contributed by atoms with van der Waals surface area (Å²) in [6.07, 6.45) is -0.167. The Morgan fingerprint density at radius 1 is 1.16 bits per heavy atom. The molecule has 2 atom stereocenters. The fraction of sp³-hybridized carbons (Fsp3) is 0.200. The molecule has 19 heavy (non-hydrogen) atoms. The van der Waals surface area contributed by atoms with Crippen molar-refractivity contribution in [1.29, 1.82) is 0 Å². The molecule has 0 spiro atoms. The highest BCUT2D eigenvalue weighted by Crippen LogP contribution is 2.28. The maximum absolute atomic E-state index is 10.2. The molecule has 0 aromatic heterocycles. The van der Waals surface area contributed by atoms with Gasteiger partial charge in [0, 0.05) is 15.9 Å². The number of rotatable bonds is 4. The predicted octanol–water partition coefficient (Wildman–Crippen LogP) is 3.71. The molecule has 2 aromatic rings. The smallest absolute Gasteiger partial charge is 0.0773 e. The maximum Gasteiger partial charge on any atom is 0.0773 e. The van der Waals surface area contributed by atoms with E-state index in [2.05, 4.69) is 15.9 Å². The van der Waals surface area contributed by atoms with Crippen LogP contribution in [0.3, 0.4) is 0 Å². The van der Waals surface area contributed by atoms with E-state index >= 15 is 0 Å². The maximum atomic E-state index is 10.2. The van der Waals surface area contributed by atoms with E-state index in [9.17, 15) is 5.11 Å². The second-order valence-corrected chi connectivity index (χ2v) is 5.77. The lowest BCUT2D eigenvalue weighted by atomic mass is 9.97. The van der Waals surface area contributed by atoms with Gasteiger partial charge in [0.05, 0.1) is 12.1 Å². The largest absolute Gasteiger partial charge is 0.391 e. The van der Waals surface area contributed by atoms with E-state index < -0.39 is 12.1 Å². The van der Waals surface area contributed by atoms with Gasteiger partial charge in [-0.1, -0.05) is 57.9 Å². The van der Waals surface area contributed by atoms with Gasteiger partial charge in [0.15, 0.2) is 0 Å². The van der Waals surface area contributed by atoms with Crippen molar-refractivity contribution < 1.29 is 5.11 Å². The molecule has 2 nitrogen and oxygen atoms in total. The summed E-state index contributed by atoms with van der Waals surface area (Å²) in [5.74, 6) is 0. The molecule has 0 bridgehead atoms. The van der Waals surface area contributed by atoms with Crippen molar-refractivity contribution in [1.82, 2.24) is 0 Å². The van der Waals surface area contributed by atoms with E-state index in [1.54, 1.807) is 6.07 Å². The van der Waals surface area contributed by atoms with E-state index in [-0.39, 0.29) is 0 Å². The number of nitrogens with two attached hydrogens (primary N) is 1. The van der Waals surface area contributed by atoms with Crippen LogP contribution in [0.4, 0.5) is 0 Å². The van der Waals surface area contributed by atoms with Crippen LogP contribution in [-0.4, -0.2) is 11.2 Å². The van der Waals surface area contributed by atoms with Crippen molar-refractivity contribution >= 4 is 27.5 Å². The first-order chi connectivity index (χ1) is 9.08. The molecule has 0 aliphatic rings. The van der Waals surface area contributed by atoms with Gasteiger partial charge in [0.1, 0.15) is 0 Å². The van der Waals surface area contributed by atoms with Crippen LogP contribution in [0.25, 0.3) is 0 Å². The molecule has 0 heterocycles. The average Bonchev–Trinajstić information content (AvgIpc) is 2.42. The van der Waals surface area contributed by atoms with Crippen molar-refractivity contribution in [2.75, 3.05) is 0 Å². The lowest BCUT2D eigenvalue weighted by Gasteiger charge is -2.20. The molecule has 0 aliphatic carbocycles. The van der Waals surface area contributed by atoms with E-state index in [0.29, 0.717) is 11.4 Å². The van der Waals surface area contributed by atoms with Gasteiger partial charge in [-0.3, -0.25) is 0 Å². The van der Waals surface area contributed by atoms with Gasteiger partial charge >= 0.3 is 0 Å². The Bertz CT molecular complexity index is 547. The van der Waals surface area contributed by atoms with Crippen molar-refractivity contribution in [3.8, 4) is 0 Å². The van der Waals surface area contributed by atoms with Gasteiger partial charge < -0.3 is 10.8 Å². The van der Waals surface area contributed by atoms with Crippen LogP contribution in [-0.2, 0) is 6.42 Å². The predicted molar refractivity (Wildman–Crippen MR) is 82.2 cm³/mol. The molecule has 2 aromatic carbocycles. The first kappa shape index (κ1) is 14.5. The highest BCUT2D eigenvalue weighted by molar-refractivity contribution is 9.10. The van der Waals surface area contributed by atoms with Crippen LogP contribution in [0.15, 0.2) is 53.0 Å². The number of hydrogen-bond acceptors (Lipinski definition) is 2. The van der Waals surface area contributed by atoms with Crippen molar-refractivity contribution in [3.05, 3.63) is 69.2 Å². The van der Waals surface area contributed by atoms with Crippen LogP contribution in [0.5, 0.6) is 0 Å². The molecule has 2 rings (SSSR count). The van der Waals surface area contributed by atoms with E-state index in [1.807, 2.05) is 42.5 Å². The van der Waals surface area contributed by atoms with Gasteiger partial charge in [0.2, 0.25) is 0 Å². The van der Waals surface area contributed by atoms with Gasteiger partial charge in [-0.25, -0.2) is 0 Å². The first-order valence-corrected chi connectivity index (χ1v) is 7.17. The van der Waals surface area contributed by atoms with Gasteiger partial charge in [0.25, 0.3) is 0 Å². The minimum atomic E-state index is -0.672. The molecule has 3 N–H and O–H groups in total. The zero-order valence-corrected chi connectivity index (χ0v) is 12.6. The molecule has 0 unspecified atom stereocenters. The Morgan fingerprint density at radius 3 is 2.53 bits per heavy atom. The van der Waals surface area contributed by atoms with Crippen LogP contribution < -0.4 is 5.73 Å². The third-order valence-corrected chi connectivity index (χ3v) is 3.86. The lowest BCUT2D eigenvalue weighted by Crippen LogP contribution is -2.28. The first-order valence-electron chi connectivity index (χ1n) is 6.00. The SMILES string of the molecule is N[C@@H](c1cc(Br)ccc1Cl)[C@H](O)Cc1ccccc1. The van der Waals surface area contributed by atoms with Gasteiger partial charge in [-0.15, -0.1) is 0 Å². The topological polar surface area (TPSA) is 46.2 Å². The van der Waals surface area contributed by atoms with Crippen LogP contribution in [0, 0.1) is 0 Å². The van der Waals surface area contributed by atoms with Crippen LogP contribution in [0.1, 0.15) is 17.2 Å². The molecule has 0 saturated heterocycles. The molecule has 0 radical (unpaired) electrons. The molecule has 0 fully saturated rings. The Labute approximate surface area is 126 Å². The van der Waals surface area contributed by atoms with E-state index in [0.717, 1.165) is 15.6 Å². The summed E-state index contributed by atoms with van der Waals surface area (Å²) in [5.41, 5.74) is 7.90. The molecular weight excluding hydrogens is 326 g/mol. The summed E-state index contributed by atoms with van der Waals surface area (Å²) in [6, 6.07) is 14.7. The molecule has 4 heteroatoms. The highest BCUT2D eigenvalue weighted by Gasteiger charge is 2.19. The summed E-state index contributed by atoms with van der Waals surface area (Å²) < 4.78 is 0.897. The van der Waals surface area contributed by atoms with Crippen molar-refractivity contribution in [2.45, 2.75) is 18.6 Å². The Kier molecular flexibility index (Phi) is 4.99. The minimum absolute atomic E-state index is 0.505. The normalized spacial score (nSPS) is 14.1. The van der Waals surface area contributed by atoms with E-state index in [1.165, 1.54) is 0 Å². The molecule has 0 saturated carbocycles. The summed E-state index contributed by atoms with van der Waals surface area (Å²) in [6.45, 7) is 0. The molecule has 0 amide bonds. The average molecular weight is 341 g/mol. The standard InChI is InChI=1S/C15H15BrClNO/c16-11-6-7-13(17)12(9-11)15(18)14(19)8-10-4-2-1-3-5-10/h1-7,9,14-15,19H,8,18H2/t14-,15+/m1/s1. The number of hydrogen-bond donors (Lipinski definition) is 2. The minimum Gasteiger partial charge on any atom is -0.391 e. The molecular formula is C15H15BrClNO. The summed E-state index contributed by atoms with van der Waals surface area (Å²) in [5, 5.41) is 10.8. The Balaban J connectivity index is 2.14. The number of aliphatic hydroxyl groups is 1. The fourth-order valence-electron chi connectivity index (χ4n) is 1.96. The third-order valence-electron chi connectivity index (χ3n) is 3.02. The number of aliphatic hydroxyl groups excluding tert-OH is 1. The number of benzene rings is 2. The molecule has 0 aliphatic heterocycles. The second-order valence-electron chi connectivity index (χ2n) is 4.45. The highest BCUT2D eigenvalue weighted by atomic mass is 79.9. The van der Waals surface area contributed by atoms with Crippen LogP contribution >= 0.6 is 27.5 Å². The lowest BCUT2D eigenvalue weighted by molar-refractivity contribution is 0.145. The summed E-state index contributed by atoms with van der Waals surface area (Å²) in [7, 11) is 0. The Hall–Kier alpha value is -0.870. The number of halogens is 2. The second kappa shape index (κ2) is 6.53. The van der Waals surface area contributed by atoms with Crippen molar-refractivity contribution in [3.63, 3.8) is 0 Å². The van der Waals surface area contributed by atoms with Gasteiger partial charge in [-0.05, 0) is 29.3 Å². The summed E-state index contributed by atoms with van der Waals surface area (Å²) >= 11 is 9.51. The van der Waals surface area contributed by atoms with Gasteiger partial charge in [-0.2, -0.15) is 0 Å². The monoisotopic (exact) mass is 339 g/mol. The van der Waals surface area contributed by atoms with Crippen LogP contribution in [0.2, 0.25) is 5.02 Å². The molecule has 100 valence electrons. The summed E-state index contributed by atoms with van der Waals surface area (Å²) in [4.78, 5) is 0. The zero-order valence-electron chi connectivity index (χ0n) is 10.3.